The van der Waals surface area contributed by atoms with Crippen LogP contribution in [0.25, 0.3) is 0 Å². The molecule has 1 aromatic heterocycles. The van der Waals surface area contributed by atoms with E-state index in [-0.39, 0.29) is 17.9 Å². The smallest absolute Gasteiger partial charge is 0.335 e. The Morgan fingerprint density at radius 3 is 2.81 bits per heavy atom. The molecule has 2 aromatic rings. The van der Waals surface area contributed by atoms with E-state index < -0.39 is 16.0 Å². The van der Waals surface area contributed by atoms with Crippen molar-refractivity contribution < 1.29 is 18.3 Å². The van der Waals surface area contributed by atoms with Crippen molar-refractivity contribution in [2.45, 2.75) is 12.3 Å². The van der Waals surface area contributed by atoms with Crippen LogP contribution in [0, 0.1) is 0 Å². The molecule has 8 heteroatoms. The van der Waals surface area contributed by atoms with Gasteiger partial charge in [-0.1, -0.05) is 12.1 Å². The predicted molar refractivity (Wildman–Crippen MR) is 76.3 cm³/mol. The number of nitrogens with one attached hydrogen (secondary N) is 1. The summed E-state index contributed by atoms with van der Waals surface area (Å²) in [6, 6.07) is 7.64. The van der Waals surface area contributed by atoms with Gasteiger partial charge in [0.15, 0.2) is 0 Å². The molecule has 1 aromatic carbocycles. The summed E-state index contributed by atoms with van der Waals surface area (Å²) in [5, 5.41) is 12.8. The van der Waals surface area contributed by atoms with Gasteiger partial charge in [-0.3, -0.25) is 4.68 Å². The Bertz CT molecular complexity index is 711. The van der Waals surface area contributed by atoms with E-state index in [1.165, 1.54) is 18.2 Å². The minimum atomic E-state index is -3.51. The summed E-state index contributed by atoms with van der Waals surface area (Å²) in [5.41, 5.74) is 0.501. The van der Waals surface area contributed by atoms with Gasteiger partial charge in [0.2, 0.25) is 10.0 Å². The Morgan fingerprint density at radius 1 is 1.33 bits per heavy atom. The van der Waals surface area contributed by atoms with Crippen LogP contribution >= 0.6 is 0 Å². The Morgan fingerprint density at radius 2 is 2.14 bits per heavy atom. The number of hydrogen-bond acceptors (Lipinski definition) is 4. The fraction of sp³-hybridized carbons (Fsp3) is 0.231. The largest absolute Gasteiger partial charge is 0.478 e. The molecule has 0 unspecified atom stereocenters. The van der Waals surface area contributed by atoms with Crippen LogP contribution < -0.4 is 4.72 Å². The second-order valence-electron chi connectivity index (χ2n) is 4.43. The van der Waals surface area contributed by atoms with Crippen LogP contribution in [0.15, 0.2) is 42.7 Å². The highest BCUT2D eigenvalue weighted by atomic mass is 32.2. The summed E-state index contributed by atoms with van der Waals surface area (Å²) in [6.07, 6.45) is 3.36. The average Bonchev–Trinajstić information content (AvgIpc) is 2.91. The molecule has 0 aliphatic rings. The first-order valence-electron chi connectivity index (χ1n) is 6.23. The number of carboxylic acids is 1. The molecule has 7 nitrogen and oxygen atoms in total. The summed E-state index contributed by atoms with van der Waals surface area (Å²) in [5.74, 6) is -1.34. The standard InChI is InChI=1S/C13H15N3O4S/c17-13(18)12-4-1-3-11(9-12)10-21(19,20)15-6-8-16-7-2-5-14-16/h1-5,7,9,15H,6,8,10H2,(H,17,18). The van der Waals surface area contributed by atoms with Crippen molar-refractivity contribution in [2.75, 3.05) is 6.54 Å². The number of nitrogens with zero attached hydrogens (tertiary/aromatic N) is 2. The van der Waals surface area contributed by atoms with Crippen molar-refractivity contribution in [3.63, 3.8) is 0 Å². The molecular formula is C13H15N3O4S. The van der Waals surface area contributed by atoms with Crippen molar-refractivity contribution in [2.24, 2.45) is 0 Å². The molecule has 0 amide bonds. The average molecular weight is 309 g/mol. The van der Waals surface area contributed by atoms with E-state index in [0.717, 1.165) is 0 Å². The lowest BCUT2D eigenvalue weighted by Crippen LogP contribution is -2.28. The Hall–Kier alpha value is -2.19. The first kappa shape index (κ1) is 15.2. The van der Waals surface area contributed by atoms with E-state index in [2.05, 4.69) is 9.82 Å². The molecule has 2 rings (SSSR count). The quantitative estimate of drug-likeness (QED) is 0.784. The zero-order valence-corrected chi connectivity index (χ0v) is 12.0. The van der Waals surface area contributed by atoms with Crippen LogP contribution in [0.3, 0.4) is 0 Å². The molecule has 0 saturated heterocycles. The van der Waals surface area contributed by atoms with Crippen molar-refractivity contribution >= 4 is 16.0 Å². The van der Waals surface area contributed by atoms with E-state index in [1.54, 1.807) is 29.2 Å². The molecule has 112 valence electrons. The summed E-state index contributed by atoms with van der Waals surface area (Å²) < 4.78 is 27.9. The molecule has 21 heavy (non-hydrogen) atoms. The third kappa shape index (κ3) is 4.69. The lowest BCUT2D eigenvalue weighted by molar-refractivity contribution is 0.0696. The Labute approximate surface area is 122 Å². The maximum atomic E-state index is 11.9. The van der Waals surface area contributed by atoms with Gasteiger partial charge in [0, 0.05) is 18.9 Å². The molecule has 0 aliphatic heterocycles. The van der Waals surface area contributed by atoms with Gasteiger partial charge in [-0.05, 0) is 23.8 Å². The molecule has 0 saturated carbocycles. The second-order valence-corrected chi connectivity index (χ2v) is 6.23. The van der Waals surface area contributed by atoms with Crippen LogP contribution in [0.4, 0.5) is 0 Å². The molecule has 2 N–H and O–H groups in total. The topological polar surface area (TPSA) is 101 Å². The lowest BCUT2D eigenvalue weighted by atomic mass is 10.1. The van der Waals surface area contributed by atoms with Gasteiger partial charge in [-0.25, -0.2) is 17.9 Å². The van der Waals surface area contributed by atoms with Gasteiger partial charge in [-0.2, -0.15) is 5.10 Å². The molecule has 0 bridgehead atoms. The van der Waals surface area contributed by atoms with E-state index in [1.807, 2.05) is 0 Å². The third-order valence-electron chi connectivity index (χ3n) is 2.75. The number of aromatic carboxylic acids is 1. The number of aromatic nitrogens is 2. The lowest BCUT2D eigenvalue weighted by Gasteiger charge is -2.07. The van der Waals surface area contributed by atoms with Gasteiger partial charge in [0.1, 0.15) is 0 Å². The van der Waals surface area contributed by atoms with E-state index in [0.29, 0.717) is 12.1 Å². The summed E-state index contributed by atoms with van der Waals surface area (Å²) in [6.45, 7) is 0.657. The molecule has 0 atom stereocenters. The highest BCUT2D eigenvalue weighted by Crippen LogP contribution is 2.08. The SMILES string of the molecule is O=C(O)c1cccc(CS(=O)(=O)NCCn2cccn2)c1. The molecule has 0 aliphatic carbocycles. The van der Waals surface area contributed by atoms with Gasteiger partial charge < -0.3 is 5.11 Å². The minimum Gasteiger partial charge on any atom is -0.478 e. The first-order valence-corrected chi connectivity index (χ1v) is 7.88. The van der Waals surface area contributed by atoms with Gasteiger partial charge in [0.05, 0.1) is 17.9 Å². The number of sulfonamides is 1. The Kier molecular flexibility index (Phi) is 4.71. The monoisotopic (exact) mass is 309 g/mol. The zero-order chi connectivity index (χ0) is 15.3. The summed E-state index contributed by atoms with van der Waals surface area (Å²) in [7, 11) is -3.51. The van der Waals surface area contributed by atoms with Crippen molar-refractivity contribution in [1.82, 2.24) is 14.5 Å². The normalized spacial score (nSPS) is 11.4. The zero-order valence-electron chi connectivity index (χ0n) is 11.1. The van der Waals surface area contributed by atoms with E-state index >= 15 is 0 Å². The Balaban J connectivity index is 1.94. The minimum absolute atomic E-state index is 0.0687. The second kappa shape index (κ2) is 6.51. The summed E-state index contributed by atoms with van der Waals surface area (Å²) >= 11 is 0. The van der Waals surface area contributed by atoms with Gasteiger partial charge in [0.25, 0.3) is 0 Å². The molecule has 0 spiro atoms. The number of carboxylic acid groups (broad SMARTS) is 1. The molecule has 0 radical (unpaired) electrons. The van der Waals surface area contributed by atoms with Crippen molar-refractivity contribution in [3.8, 4) is 0 Å². The fourth-order valence-corrected chi connectivity index (χ4v) is 2.94. The van der Waals surface area contributed by atoms with Crippen LogP contribution in [-0.2, 0) is 22.3 Å². The summed E-state index contributed by atoms with van der Waals surface area (Å²) in [4.78, 5) is 10.8. The van der Waals surface area contributed by atoms with Crippen molar-refractivity contribution in [1.29, 1.82) is 0 Å². The van der Waals surface area contributed by atoms with Crippen LogP contribution in [0.2, 0.25) is 0 Å². The van der Waals surface area contributed by atoms with Crippen LogP contribution in [0.5, 0.6) is 0 Å². The maximum absolute atomic E-state index is 11.9. The fourth-order valence-electron chi connectivity index (χ4n) is 1.81. The van der Waals surface area contributed by atoms with Crippen molar-refractivity contribution in [3.05, 3.63) is 53.9 Å². The first-order chi connectivity index (χ1) is 9.96. The molecule has 1 heterocycles. The number of benzene rings is 1. The molecular weight excluding hydrogens is 294 g/mol. The molecule has 0 fully saturated rings. The predicted octanol–water partition coefficient (Wildman–Crippen LogP) is 0.701. The third-order valence-corrected chi connectivity index (χ3v) is 4.11. The van der Waals surface area contributed by atoms with E-state index in [4.69, 9.17) is 5.11 Å². The number of carbonyl (C=O) groups is 1. The highest BCUT2D eigenvalue weighted by molar-refractivity contribution is 7.88. The maximum Gasteiger partial charge on any atom is 0.335 e. The van der Waals surface area contributed by atoms with E-state index in [9.17, 15) is 13.2 Å². The van der Waals surface area contributed by atoms with Gasteiger partial charge in [-0.15, -0.1) is 0 Å². The van der Waals surface area contributed by atoms with Gasteiger partial charge >= 0.3 is 5.97 Å². The van der Waals surface area contributed by atoms with Crippen LogP contribution in [0.1, 0.15) is 15.9 Å². The highest BCUT2D eigenvalue weighted by Gasteiger charge is 2.12. The van der Waals surface area contributed by atoms with Crippen LogP contribution in [-0.4, -0.2) is 35.8 Å². The number of hydrogen-bond donors (Lipinski definition) is 2. The number of rotatable bonds is 7.